The molecule has 1 aliphatic heterocycles. The largest absolute Gasteiger partial charge is 0.481 e. The highest BCUT2D eigenvalue weighted by Gasteiger charge is 2.29. The van der Waals surface area contributed by atoms with Crippen LogP contribution >= 0.6 is 11.8 Å². The van der Waals surface area contributed by atoms with E-state index in [1.165, 1.54) is 0 Å². The summed E-state index contributed by atoms with van der Waals surface area (Å²) < 4.78 is 0. The maximum absolute atomic E-state index is 10.4. The van der Waals surface area contributed by atoms with Crippen LogP contribution in [-0.2, 0) is 4.79 Å². The molecule has 0 amide bonds. The number of aliphatic hydroxyl groups is 1. The van der Waals surface area contributed by atoms with Gasteiger partial charge in [-0.1, -0.05) is 0 Å². The number of hydrogen-bond donors (Lipinski definition) is 2. The lowest BCUT2D eigenvalue weighted by Gasteiger charge is -2.23. The van der Waals surface area contributed by atoms with Gasteiger partial charge in [-0.15, -0.1) is 0 Å². The van der Waals surface area contributed by atoms with E-state index in [0.717, 1.165) is 5.75 Å². The number of carbonyl (C=O) groups is 1. The third kappa shape index (κ3) is 1.64. The fourth-order valence-electron chi connectivity index (χ4n) is 0.963. The lowest BCUT2D eigenvalue weighted by molar-refractivity contribution is -0.144. The molecule has 1 heterocycles. The smallest absolute Gasteiger partial charge is 0.309 e. The maximum Gasteiger partial charge on any atom is 0.309 e. The van der Waals surface area contributed by atoms with Gasteiger partial charge in [-0.3, -0.25) is 4.79 Å². The summed E-state index contributed by atoms with van der Waals surface area (Å²) in [5, 5.41) is 17.7. The Labute approximate surface area is 63.4 Å². The first kappa shape index (κ1) is 7.88. The molecule has 0 saturated carbocycles. The van der Waals surface area contributed by atoms with Crippen LogP contribution in [0.2, 0.25) is 0 Å². The fourth-order valence-corrected chi connectivity index (χ4v) is 2.16. The topological polar surface area (TPSA) is 57.5 Å². The molecule has 1 fully saturated rings. The Morgan fingerprint density at radius 1 is 1.60 bits per heavy atom. The molecule has 2 N–H and O–H groups in total. The zero-order valence-electron chi connectivity index (χ0n) is 5.49. The van der Waals surface area contributed by atoms with Gasteiger partial charge in [0.1, 0.15) is 0 Å². The van der Waals surface area contributed by atoms with Gasteiger partial charge in [0.05, 0.1) is 12.0 Å². The average molecular weight is 162 g/mol. The fraction of sp³-hybridized carbons (Fsp3) is 0.833. The Balaban J connectivity index is 2.47. The van der Waals surface area contributed by atoms with Crippen LogP contribution < -0.4 is 0 Å². The second kappa shape index (κ2) is 3.25. The second-order valence-corrected chi connectivity index (χ2v) is 3.53. The summed E-state index contributed by atoms with van der Waals surface area (Å²) in [6.45, 7) is 0. The Morgan fingerprint density at radius 2 is 2.30 bits per heavy atom. The maximum atomic E-state index is 10.4. The minimum Gasteiger partial charge on any atom is -0.481 e. The monoisotopic (exact) mass is 162 g/mol. The molecule has 0 spiro atoms. The van der Waals surface area contributed by atoms with E-state index in [1.807, 2.05) is 0 Å². The number of thioether (sulfide) groups is 1. The van der Waals surface area contributed by atoms with Gasteiger partial charge in [0.2, 0.25) is 0 Å². The molecule has 10 heavy (non-hydrogen) atoms. The Morgan fingerprint density at radius 3 is 2.70 bits per heavy atom. The summed E-state index contributed by atoms with van der Waals surface area (Å²) in [7, 11) is 0. The number of aliphatic carboxylic acids is 1. The van der Waals surface area contributed by atoms with Crippen LogP contribution in [0.3, 0.4) is 0 Å². The number of carboxylic acid groups (broad SMARTS) is 1. The van der Waals surface area contributed by atoms with Gasteiger partial charge in [-0.25, -0.2) is 0 Å². The normalized spacial score (nSPS) is 33.7. The molecular formula is C6H10O3S. The number of rotatable bonds is 1. The molecule has 1 rings (SSSR count). The molecule has 0 unspecified atom stereocenters. The Hall–Kier alpha value is -0.220. The summed E-state index contributed by atoms with van der Waals surface area (Å²) in [6, 6.07) is 0. The quantitative estimate of drug-likeness (QED) is 0.577. The SMILES string of the molecule is O=C(O)[C@H]1CSCC[C@@H]1O. The molecule has 0 aliphatic carbocycles. The van der Waals surface area contributed by atoms with Crippen LogP contribution in [0, 0.1) is 5.92 Å². The first-order valence-corrected chi connectivity index (χ1v) is 4.36. The number of carboxylic acids is 1. The van der Waals surface area contributed by atoms with Crippen LogP contribution in [-0.4, -0.2) is 33.8 Å². The van der Waals surface area contributed by atoms with Crippen LogP contribution in [0.4, 0.5) is 0 Å². The van der Waals surface area contributed by atoms with Crippen molar-refractivity contribution in [1.29, 1.82) is 0 Å². The molecule has 1 saturated heterocycles. The van der Waals surface area contributed by atoms with Crippen molar-refractivity contribution in [3.8, 4) is 0 Å². The highest BCUT2D eigenvalue weighted by atomic mass is 32.2. The van der Waals surface area contributed by atoms with Crippen LogP contribution in [0.25, 0.3) is 0 Å². The predicted molar refractivity (Wildman–Crippen MR) is 39.1 cm³/mol. The summed E-state index contributed by atoms with van der Waals surface area (Å²) in [5.41, 5.74) is 0. The van der Waals surface area contributed by atoms with Crippen molar-refractivity contribution in [2.75, 3.05) is 11.5 Å². The Kier molecular flexibility index (Phi) is 2.56. The average Bonchev–Trinajstić information content (AvgIpc) is 1.88. The summed E-state index contributed by atoms with van der Waals surface area (Å²) in [5.74, 6) is 0.0139. The van der Waals surface area contributed by atoms with Crippen molar-refractivity contribution >= 4 is 17.7 Å². The van der Waals surface area contributed by atoms with Gasteiger partial charge in [0.25, 0.3) is 0 Å². The van der Waals surface area contributed by atoms with E-state index in [9.17, 15) is 4.79 Å². The van der Waals surface area contributed by atoms with E-state index in [1.54, 1.807) is 11.8 Å². The summed E-state index contributed by atoms with van der Waals surface area (Å²) >= 11 is 1.59. The molecule has 0 radical (unpaired) electrons. The van der Waals surface area contributed by atoms with Crippen molar-refractivity contribution in [2.45, 2.75) is 12.5 Å². The molecule has 58 valence electrons. The van der Waals surface area contributed by atoms with E-state index in [2.05, 4.69) is 0 Å². The molecule has 0 aromatic heterocycles. The van der Waals surface area contributed by atoms with Crippen molar-refractivity contribution < 1.29 is 15.0 Å². The Bertz CT molecular complexity index is 137. The molecule has 4 heteroatoms. The van der Waals surface area contributed by atoms with Crippen molar-refractivity contribution in [3.63, 3.8) is 0 Å². The lowest BCUT2D eigenvalue weighted by atomic mass is 10.0. The van der Waals surface area contributed by atoms with Crippen LogP contribution in [0.5, 0.6) is 0 Å². The minimum absolute atomic E-state index is 0.543. The molecular weight excluding hydrogens is 152 g/mol. The van der Waals surface area contributed by atoms with Crippen molar-refractivity contribution in [2.24, 2.45) is 5.92 Å². The van der Waals surface area contributed by atoms with E-state index in [0.29, 0.717) is 12.2 Å². The van der Waals surface area contributed by atoms with E-state index >= 15 is 0 Å². The molecule has 3 nitrogen and oxygen atoms in total. The molecule has 0 aromatic carbocycles. The first-order chi connectivity index (χ1) is 4.72. The third-order valence-electron chi connectivity index (χ3n) is 1.64. The zero-order valence-corrected chi connectivity index (χ0v) is 6.30. The molecule has 1 aliphatic rings. The first-order valence-electron chi connectivity index (χ1n) is 3.20. The van der Waals surface area contributed by atoms with Gasteiger partial charge in [-0.05, 0) is 12.2 Å². The van der Waals surface area contributed by atoms with Gasteiger partial charge < -0.3 is 10.2 Å². The number of aliphatic hydroxyl groups excluding tert-OH is 1. The molecule has 0 aromatic rings. The van der Waals surface area contributed by atoms with Gasteiger partial charge >= 0.3 is 5.97 Å². The summed E-state index contributed by atoms with van der Waals surface area (Å²) in [4.78, 5) is 10.4. The highest BCUT2D eigenvalue weighted by molar-refractivity contribution is 7.99. The second-order valence-electron chi connectivity index (χ2n) is 2.38. The minimum atomic E-state index is -0.875. The number of hydrogen-bond acceptors (Lipinski definition) is 3. The highest BCUT2D eigenvalue weighted by Crippen LogP contribution is 2.22. The third-order valence-corrected chi connectivity index (χ3v) is 2.76. The van der Waals surface area contributed by atoms with Crippen molar-refractivity contribution in [1.82, 2.24) is 0 Å². The van der Waals surface area contributed by atoms with Gasteiger partial charge in [0.15, 0.2) is 0 Å². The van der Waals surface area contributed by atoms with Gasteiger partial charge in [-0.2, -0.15) is 11.8 Å². The van der Waals surface area contributed by atoms with Crippen LogP contribution in [0.1, 0.15) is 6.42 Å². The van der Waals surface area contributed by atoms with Crippen molar-refractivity contribution in [3.05, 3.63) is 0 Å². The zero-order chi connectivity index (χ0) is 7.56. The summed E-state index contributed by atoms with van der Waals surface area (Å²) in [6.07, 6.45) is -0.0134. The van der Waals surface area contributed by atoms with E-state index in [-0.39, 0.29) is 0 Å². The molecule has 0 bridgehead atoms. The van der Waals surface area contributed by atoms with E-state index < -0.39 is 18.0 Å². The van der Waals surface area contributed by atoms with E-state index in [4.69, 9.17) is 10.2 Å². The predicted octanol–water partition coefficient (Wildman–Crippen LogP) is 0.185. The van der Waals surface area contributed by atoms with Crippen LogP contribution in [0.15, 0.2) is 0 Å². The standard InChI is InChI=1S/C6H10O3S/c7-5-1-2-10-3-4(5)6(8)9/h4-5,7H,1-3H2,(H,8,9)/t4-,5-/m0/s1. The van der Waals surface area contributed by atoms with Gasteiger partial charge in [0, 0.05) is 5.75 Å². The molecule has 2 atom stereocenters. The lowest BCUT2D eigenvalue weighted by Crippen LogP contribution is -2.33.